The van der Waals surface area contributed by atoms with Crippen LogP contribution in [0.3, 0.4) is 0 Å². The summed E-state index contributed by atoms with van der Waals surface area (Å²) in [5.74, 6) is 0.978. The predicted molar refractivity (Wildman–Crippen MR) is 113 cm³/mol. The molecule has 0 unspecified atom stereocenters. The fourth-order valence-corrected chi connectivity index (χ4v) is 3.05. The van der Waals surface area contributed by atoms with Gasteiger partial charge in [0.1, 0.15) is 5.82 Å². The Morgan fingerprint density at radius 3 is 2.14 bits per heavy atom. The highest BCUT2D eigenvalue weighted by molar-refractivity contribution is 5.80. The molecular weight excluding hydrogens is 352 g/mol. The van der Waals surface area contributed by atoms with Crippen molar-refractivity contribution in [1.82, 2.24) is 9.55 Å². The minimum absolute atomic E-state index is 0.586. The first-order valence-electron chi connectivity index (χ1n) is 10.1. The SMILES string of the molecule is CCCCOCCOCCOCCn1c(-c2ccccc2)nc2ccccc21. The number of hydrogen-bond donors (Lipinski definition) is 0. The third-order valence-corrected chi connectivity index (χ3v) is 4.53. The molecule has 0 bridgehead atoms. The molecule has 0 saturated carbocycles. The van der Waals surface area contributed by atoms with Crippen molar-refractivity contribution in [2.75, 3.05) is 39.6 Å². The molecule has 0 atom stereocenters. The second kappa shape index (κ2) is 11.6. The largest absolute Gasteiger partial charge is 0.379 e. The summed E-state index contributed by atoms with van der Waals surface area (Å²) in [4.78, 5) is 4.82. The summed E-state index contributed by atoms with van der Waals surface area (Å²) < 4.78 is 19.0. The molecule has 0 aliphatic carbocycles. The molecule has 150 valence electrons. The molecule has 3 rings (SSSR count). The van der Waals surface area contributed by atoms with E-state index in [1.807, 2.05) is 30.3 Å². The summed E-state index contributed by atoms with van der Waals surface area (Å²) in [7, 11) is 0. The van der Waals surface area contributed by atoms with E-state index in [1.54, 1.807) is 0 Å². The first-order chi connectivity index (χ1) is 13.9. The summed E-state index contributed by atoms with van der Waals surface area (Å²) in [6.45, 7) is 6.81. The van der Waals surface area contributed by atoms with Gasteiger partial charge in [0.15, 0.2) is 0 Å². The number of unbranched alkanes of at least 4 members (excludes halogenated alkanes) is 1. The second-order valence-corrected chi connectivity index (χ2v) is 6.63. The number of nitrogens with zero attached hydrogens (tertiary/aromatic N) is 2. The van der Waals surface area contributed by atoms with Crippen molar-refractivity contribution in [2.24, 2.45) is 0 Å². The minimum Gasteiger partial charge on any atom is -0.379 e. The Morgan fingerprint density at radius 1 is 0.750 bits per heavy atom. The maximum atomic E-state index is 5.78. The lowest BCUT2D eigenvalue weighted by Crippen LogP contribution is -2.13. The molecule has 5 nitrogen and oxygen atoms in total. The number of rotatable bonds is 13. The quantitative estimate of drug-likeness (QED) is 0.407. The first-order valence-corrected chi connectivity index (χ1v) is 10.1. The lowest BCUT2D eigenvalue weighted by Gasteiger charge is -2.10. The monoisotopic (exact) mass is 382 g/mol. The van der Waals surface area contributed by atoms with E-state index in [-0.39, 0.29) is 0 Å². The van der Waals surface area contributed by atoms with Crippen molar-refractivity contribution in [2.45, 2.75) is 26.3 Å². The number of imidazole rings is 1. The Hall–Kier alpha value is -2.21. The Bertz CT molecular complexity index is 817. The number of aromatic nitrogens is 2. The van der Waals surface area contributed by atoms with Gasteiger partial charge >= 0.3 is 0 Å². The van der Waals surface area contributed by atoms with Crippen LogP contribution in [0, 0.1) is 0 Å². The molecule has 28 heavy (non-hydrogen) atoms. The highest BCUT2D eigenvalue weighted by Crippen LogP contribution is 2.24. The highest BCUT2D eigenvalue weighted by atomic mass is 16.5. The highest BCUT2D eigenvalue weighted by Gasteiger charge is 2.11. The molecule has 0 fully saturated rings. The van der Waals surface area contributed by atoms with E-state index >= 15 is 0 Å². The lowest BCUT2D eigenvalue weighted by atomic mass is 10.2. The van der Waals surface area contributed by atoms with Gasteiger partial charge in [-0.15, -0.1) is 0 Å². The normalized spacial score (nSPS) is 11.3. The van der Waals surface area contributed by atoms with Gasteiger partial charge in [0.25, 0.3) is 0 Å². The van der Waals surface area contributed by atoms with Crippen molar-refractivity contribution in [1.29, 1.82) is 0 Å². The topological polar surface area (TPSA) is 45.5 Å². The summed E-state index contributed by atoms with van der Waals surface area (Å²) in [5.41, 5.74) is 3.25. The van der Waals surface area contributed by atoms with Gasteiger partial charge in [-0.3, -0.25) is 0 Å². The number of benzene rings is 2. The van der Waals surface area contributed by atoms with E-state index < -0.39 is 0 Å². The maximum Gasteiger partial charge on any atom is 0.141 e. The van der Waals surface area contributed by atoms with Gasteiger partial charge in [0.05, 0.1) is 44.1 Å². The average molecular weight is 383 g/mol. The molecule has 2 aromatic carbocycles. The van der Waals surface area contributed by atoms with Crippen molar-refractivity contribution in [3.05, 3.63) is 54.6 Å². The molecule has 0 amide bonds. The maximum absolute atomic E-state index is 5.78. The molecule has 1 heterocycles. The molecule has 3 aromatic rings. The third kappa shape index (κ3) is 5.89. The lowest BCUT2D eigenvalue weighted by molar-refractivity contribution is 0.0129. The first kappa shape index (κ1) is 20.5. The van der Waals surface area contributed by atoms with Crippen LogP contribution in [0.2, 0.25) is 0 Å². The van der Waals surface area contributed by atoms with Crippen LogP contribution in [0.4, 0.5) is 0 Å². The Kier molecular flexibility index (Phi) is 8.50. The molecular formula is C23H30N2O3. The summed E-state index contributed by atoms with van der Waals surface area (Å²) in [5, 5.41) is 0. The fourth-order valence-electron chi connectivity index (χ4n) is 3.05. The van der Waals surface area contributed by atoms with Crippen molar-refractivity contribution < 1.29 is 14.2 Å². The predicted octanol–water partition coefficient (Wildman–Crippen LogP) is 4.55. The van der Waals surface area contributed by atoms with E-state index in [9.17, 15) is 0 Å². The van der Waals surface area contributed by atoms with E-state index in [0.29, 0.717) is 33.0 Å². The Morgan fingerprint density at radius 2 is 1.39 bits per heavy atom. The van der Waals surface area contributed by atoms with Crippen LogP contribution in [-0.2, 0) is 20.8 Å². The van der Waals surface area contributed by atoms with Gasteiger partial charge in [-0.1, -0.05) is 55.8 Å². The van der Waals surface area contributed by atoms with Crippen LogP contribution in [-0.4, -0.2) is 49.2 Å². The van der Waals surface area contributed by atoms with Gasteiger partial charge in [-0.2, -0.15) is 0 Å². The molecule has 5 heteroatoms. The van der Waals surface area contributed by atoms with Crippen LogP contribution in [0.25, 0.3) is 22.4 Å². The van der Waals surface area contributed by atoms with E-state index in [0.717, 1.165) is 48.4 Å². The van der Waals surface area contributed by atoms with E-state index in [4.69, 9.17) is 19.2 Å². The Balaban J connectivity index is 1.46. The zero-order valence-electron chi connectivity index (χ0n) is 16.7. The number of para-hydroxylation sites is 2. The van der Waals surface area contributed by atoms with Gasteiger partial charge in [-0.25, -0.2) is 4.98 Å². The van der Waals surface area contributed by atoms with Crippen LogP contribution in [0.15, 0.2) is 54.6 Å². The summed E-state index contributed by atoms with van der Waals surface area (Å²) in [6, 6.07) is 18.5. The smallest absolute Gasteiger partial charge is 0.141 e. The summed E-state index contributed by atoms with van der Waals surface area (Å²) in [6.07, 6.45) is 2.27. The van der Waals surface area contributed by atoms with Crippen LogP contribution >= 0.6 is 0 Å². The molecule has 0 radical (unpaired) electrons. The molecule has 0 N–H and O–H groups in total. The number of ether oxygens (including phenoxy) is 3. The minimum atomic E-state index is 0.586. The third-order valence-electron chi connectivity index (χ3n) is 4.53. The zero-order valence-corrected chi connectivity index (χ0v) is 16.7. The number of hydrogen-bond acceptors (Lipinski definition) is 4. The molecule has 1 aromatic heterocycles. The average Bonchev–Trinajstić information content (AvgIpc) is 3.11. The fraction of sp³-hybridized carbons (Fsp3) is 0.435. The number of fused-ring (bicyclic) bond motifs is 1. The molecule has 0 saturated heterocycles. The van der Waals surface area contributed by atoms with E-state index in [2.05, 4.69) is 35.8 Å². The summed E-state index contributed by atoms with van der Waals surface area (Å²) >= 11 is 0. The molecule has 0 aliphatic rings. The van der Waals surface area contributed by atoms with Crippen molar-refractivity contribution in [3.63, 3.8) is 0 Å². The molecule has 0 spiro atoms. The van der Waals surface area contributed by atoms with Crippen LogP contribution in [0.1, 0.15) is 19.8 Å². The van der Waals surface area contributed by atoms with Crippen molar-refractivity contribution in [3.8, 4) is 11.4 Å². The van der Waals surface area contributed by atoms with Gasteiger partial charge in [0.2, 0.25) is 0 Å². The standard InChI is InChI=1S/C23H30N2O3/c1-2-3-14-26-16-18-28-19-17-27-15-13-25-22-12-8-7-11-21(22)24-23(25)20-9-5-4-6-10-20/h4-12H,2-3,13-19H2,1H3. The van der Waals surface area contributed by atoms with Crippen LogP contribution in [0.5, 0.6) is 0 Å². The van der Waals surface area contributed by atoms with E-state index in [1.165, 1.54) is 0 Å². The van der Waals surface area contributed by atoms with Gasteiger partial charge < -0.3 is 18.8 Å². The Labute approximate surface area is 167 Å². The molecule has 0 aliphatic heterocycles. The van der Waals surface area contributed by atoms with Crippen LogP contribution < -0.4 is 0 Å². The zero-order chi connectivity index (χ0) is 19.4. The van der Waals surface area contributed by atoms with Gasteiger partial charge in [0, 0.05) is 18.7 Å². The van der Waals surface area contributed by atoms with Crippen molar-refractivity contribution >= 4 is 11.0 Å². The van der Waals surface area contributed by atoms with Gasteiger partial charge in [-0.05, 0) is 18.6 Å². The second-order valence-electron chi connectivity index (χ2n) is 6.63.